The third-order valence-electron chi connectivity index (χ3n) is 2.04. The lowest BCUT2D eigenvalue weighted by atomic mass is 10.2. The molecule has 1 aromatic heterocycles. The van der Waals surface area contributed by atoms with E-state index in [1.807, 2.05) is 0 Å². The number of aromatic nitrogens is 1. The second-order valence-electron chi connectivity index (χ2n) is 3.17. The zero-order valence-corrected chi connectivity index (χ0v) is 7.52. The summed E-state index contributed by atoms with van der Waals surface area (Å²) < 4.78 is 23.0. The molecule has 2 rings (SSSR count). The van der Waals surface area contributed by atoms with E-state index in [-0.39, 0.29) is 18.0 Å². The van der Waals surface area contributed by atoms with Crippen molar-refractivity contribution in [3.8, 4) is 5.88 Å². The average molecular weight is 198 g/mol. The van der Waals surface area contributed by atoms with E-state index in [0.29, 0.717) is 19.1 Å². The number of ether oxygens (including phenoxy) is 2. The topological polar surface area (TPSA) is 57.4 Å². The van der Waals surface area contributed by atoms with Crippen molar-refractivity contribution in [2.24, 2.45) is 5.73 Å². The number of nitrogens with zero attached hydrogens (tertiary/aromatic N) is 1. The lowest BCUT2D eigenvalue weighted by molar-refractivity contribution is 0.136. The van der Waals surface area contributed by atoms with Gasteiger partial charge in [-0.05, 0) is 6.07 Å². The van der Waals surface area contributed by atoms with Crippen LogP contribution in [0.5, 0.6) is 5.88 Å². The summed E-state index contributed by atoms with van der Waals surface area (Å²) in [7, 11) is 0. The average Bonchev–Trinajstić information content (AvgIpc) is 2.56. The Labute approximate surface area is 80.8 Å². The molecule has 2 heterocycles. The molecule has 5 heteroatoms. The van der Waals surface area contributed by atoms with Crippen molar-refractivity contribution in [3.63, 3.8) is 0 Å². The second kappa shape index (κ2) is 3.89. The molecule has 1 fully saturated rings. The smallest absolute Gasteiger partial charge is 0.213 e. The Balaban J connectivity index is 2.00. The minimum atomic E-state index is -0.385. The lowest BCUT2D eigenvalue weighted by Gasteiger charge is -2.14. The molecule has 0 aromatic carbocycles. The Hall–Kier alpha value is -1.20. The van der Waals surface area contributed by atoms with Crippen LogP contribution in [0.1, 0.15) is 0 Å². The molecule has 76 valence electrons. The van der Waals surface area contributed by atoms with Gasteiger partial charge in [0.15, 0.2) is 0 Å². The van der Waals surface area contributed by atoms with Gasteiger partial charge in [-0.3, -0.25) is 0 Å². The summed E-state index contributed by atoms with van der Waals surface area (Å²) in [5.74, 6) is -0.0123. The first-order valence-corrected chi connectivity index (χ1v) is 4.37. The van der Waals surface area contributed by atoms with Gasteiger partial charge in [0.2, 0.25) is 5.88 Å². The zero-order valence-electron chi connectivity index (χ0n) is 7.52. The molecule has 1 aliphatic heterocycles. The van der Waals surface area contributed by atoms with Gasteiger partial charge < -0.3 is 15.2 Å². The number of halogens is 1. The molecule has 0 aliphatic carbocycles. The number of nitrogens with two attached hydrogens (primary N) is 1. The predicted molar refractivity (Wildman–Crippen MR) is 47.4 cm³/mol. The standard InChI is InChI=1S/C9H11FN2O2/c10-6-1-2-9(12-3-6)14-8-5-13-4-7(8)11/h1-3,7-8H,4-5,11H2. The Morgan fingerprint density at radius 2 is 2.36 bits per heavy atom. The number of pyridine rings is 1. The van der Waals surface area contributed by atoms with Gasteiger partial charge in [0, 0.05) is 6.07 Å². The number of hydrogen-bond donors (Lipinski definition) is 1. The molecule has 4 nitrogen and oxygen atoms in total. The molecule has 0 saturated carbocycles. The molecule has 1 aliphatic rings. The highest BCUT2D eigenvalue weighted by Crippen LogP contribution is 2.13. The normalized spacial score (nSPS) is 26.4. The minimum absolute atomic E-state index is 0.137. The van der Waals surface area contributed by atoms with Crippen molar-refractivity contribution in [3.05, 3.63) is 24.1 Å². The van der Waals surface area contributed by atoms with Crippen molar-refractivity contribution in [1.29, 1.82) is 0 Å². The van der Waals surface area contributed by atoms with Gasteiger partial charge >= 0.3 is 0 Å². The number of rotatable bonds is 2. The van der Waals surface area contributed by atoms with Gasteiger partial charge in [0.1, 0.15) is 11.9 Å². The van der Waals surface area contributed by atoms with Crippen molar-refractivity contribution >= 4 is 0 Å². The van der Waals surface area contributed by atoms with Crippen LogP contribution in [-0.4, -0.2) is 30.3 Å². The molecule has 2 atom stereocenters. The lowest BCUT2D eigenvalue weighted by Crippen LogP contribution is -2.37. The van der Waals surface area contributed by atoms with Gasteiger partial charge in [-0.25, -0.2) is 9.37 Å². The molecule has 2 N–H and O–H groups in total. The highest BCUT2D eigenvalue weighted by molar-refractivity contribution is 5.11. The highest BCUT2D eigenvalue weighted by atomic mass is 19.1. The SMILES string of the molecule is NC1COCC1Oc1ccc(F)cn1. The molecule has 0 radical (unpaired) electrons. The van der Waals surface area contributed by atoms with Crippen LogP contribution in [0.25, 0.3) is 0 Å². The van der Waals surface area contributed by atoms with E-state index >= 15 is 0 Å². The monoisotopic (exact) mass is 198 g/mol. The summed E-state index contributed by atoms with van der Waals surface area (Å²) >= 11 is 0. The van der Waals surface area contributed by atoms with E-state index in [0.717, 1.165) is 6.20 Å². The zero-order chi connectivity index (χ0) is 9.97. The molecule has 2 unspecified atom stereocenters. The maximum Gasteiger partial charge on any atom is 0.213 e. The Morgan fingerprint density at radius 3 is 2.93 bits per heavy atom. The third kappa shape index (κ3) is 2.00. The van der Waals surface area contributed by atoms with E-state index in [4.69, 9.17) is 15.2 Å². The van der Waals surface area contributed by atoms with E-state index in [1.165, 1.54) is 12.1 Å². The molecule has 0 bridgehead atoms. The van der Waals surface area contributed by atoms with E-state index in [9.17, 15) is 4.39 Å². The molecular formula is C9H11FN2O2. The molecule has 0 spiro atoms. The van der Waals surface area contributed by atoms with Crippen molar-refractivity contribution in [1.82, 2.24) is 4.98 Å². The fourth-order valence-electron chi connectivity index (χ4n) is 1.26. The van der Waals surface area contributed by atoms with Crippen LogP contribution in [0, 0.1) is 5.82 Å². The predicted octanol–water partition coefficient (Wildman–Crippen LogP) is 0.326. The maximum absolute atomic E-state index is 12.5. The highest BCUT2D eigenvalue weighted by Gasteiger charge is 2.26. The molecule has 0 amide bonds. The Morgan fingerprint density at radius 1 is 1.50 bits per heavy atom. The second-order valence-corrected chi connectivity index (χ2v) is 3.17. The summed E-state index contributed by atoms with van der Waals surface area (Å²) in [5, 5.41) is 0. The summed E-state index contributed by atoms with van der Waals surface area (Å²) in [5.41, 5.74) is 5.70. The summed E-state index contributed by atoms with van der Waals surface area (Å²) in [4.78, 5) is 3.77. The third-order valence-corrected chi connectivity index (χ3v) is 2.04. The first kappa shape index (κ1) is 9.36. The fourth-order valence-corrected chi connectivity index (χ4v) is 1.26. The summed E-state index contributed by atoms with van der Waals surface area (Å²) in [6, 6.07) is 2.63. The molecule has 1 saturated heterocycles. The van der Waals surface area contributed by atoms with Crippen molar-refractivity contribution in [2.45, 2.75) is 12.1 Å². The molecule has 14 heavy (non-hydrogen) atoms. The van der Waals surface area contributed by atoms with Gasteiger partial charge in [-0.15, -0.1) is 0 Å². The maximum atomic E-state index is 12.5. The number of hydrogen-bond acceptors (Lipinski definition) is 4. The largest absolute Gasteiger partial charge is 0.470 e. The Kier molecular flexibility index (Phi) is 2.60. The van der Waals surface area contributed by atoms with Crippen LogP contribution in [0.15, 0.2) is 18.3 Å². The van der Waals surface area contributed by atoms with Crippen LogP contribution < -0.4 is 10.5 Å². The molecule has 1 aromatic rings. The van der Waals surface area contributed by atoms with Crippen LogP contribution in [0.3, 0.4) is 0 Å². The van der Waals surface area contributed by atoms with E-state index in [2.05, 4.69) is 4.98 Å². The van der Waals surface area contributed by atoms with Crippen LogP contribution in [0.4, 0.5) is 4.39 Å². The van der Waals surface area contributed by atoms with E-state index in [1.54, 1.807) is 0 Å². The van der Waals surface area contributed by atoms with Gasteiger partial charge in [-0.1, -0.05) is 0 Å². The van der Waals surface area contributed by atoms with Gasteiger partial charge in [-0.2, -0.15) is 0 Å². The van der Waals surface area contributed by atoms with E-state index < -0.39 is 0 Å². The quantitative estimate of drug-likeness (QED) is 0.743. The van der Waals surface area contributed by atoms with Crippen molar-refractivity contribution in [2.75, 3.05) is 13.2 Å². The van der Waals surface area contributed by atoms with Crippen LogP contribution in [-0.2, 0) is 4.74 Å². The van der Waals surface area contributed by atoms with Gasteiger partial charge in [0.05, 0.1) is 25.5 Å². The minimum Gasteiger partial charge on any atom is -0.470 e. The van der Waals surface area contributed by atoms with Crippen LogP contribution in [0.2, 0.25) is 0 Å². The Bertz CT molecular complexity index is 304. The first-order valence-electron chi connectivity index (χ1n) is 4.37. The van der Waals surface area contributed by atoms with Crippen LogP contribution >= 0.6 is 0 Å². The van der Waals surface area contributed by atoms with Crippen molar-refractivity contribution < 1.29 is 13.9 Å². The van der Waals surface area contributed by atoms with Gasteiger partial charge in [0.25, 0.3) is 0 Å². The first-order chi connectivity index (χ1) is 6.75. The fraction of sp³-hybridized carbons (Fsp3) is 0.444. The molecular weight excluding hydrogens is 187 g/mol. The summed E-state index contributed by atoms with van der Waals surface area (Å²) in [6.07, 6.45) is 0.921. The summed E-state index contributed by atoms with van der Waals surface area (Å²) in [6.45, 7) is 0.950.